The fourth-order valence-corrected chi connectivity index (χ4v) is 1.32. The molecule has 4 nitrogen and oxygen atoms in total. The minimum absolute atomic E-state index is 0. The molecule has 66 valence electrons. The zero-order chi connectivity index (χ0) is 9.19. The molecule has 1 aromatic carbocycles. The minimum atomic E-state index is -4.33. The van der Waals surface area contributed by atoms with Crippen molar-refractivity contribution in [2.24, 2.45) is 0 Å². The van der Waals surface area contributed by atoms with Gasteiger partial charge in [0.1, 0.15) is 10.1 Å². The normalized spacial score (nSPS) is 10.3. The Labute approximate surface area is 120 Å². The third-order valence-electron chi connectivity index (χ3n) is 1.41. The van der Waals surface area contributed by atoms with E-state index in [0.717, 1.165) is 0 Å². The molecular formula is C7H8KNO3S. The van der Waals surface area contributed by atoms with E-state index in [0.29, 0.717) is 5.69 Å². The van der Waals surface area contributed by atoms with Gasteiger partial charge in [-0.3, -0.25) is 0 Å². The van der Waals surface area contributed by atoms with Crippen molar-refractivity contribution in [1.82, 2.24) is 0 Å². The van der Waals surface area contributed by atoms with Crippen LogP contribution in [0.4, 0.5) is 5.69 Å². The van der Waals surface area contributed by atoms with Gasteiger partial charge in [0, 0.05) is 12.7 Å². The number of anilines is 1. The van der Waals surface area contributed by atoms with Crippen molar-refractivity contribution in [3.8, 4) is 0 Å². The van der Waals surface area contributed by atoms with E-state index in [1.807, 2.05) is 0 Å². The van der Waals surface area contributed by atoms with Crippen molar-refractivity contribution in [3.05, 3.63) is 24.3 Å². The van der Waals surface area contributed by atoms with Gasteiger partial charge in [0.05, 0.1) is 4.90 Å². The number of hydrogen-bond acceptors (Lipinski definition) is 4. The van der Waals surface area contributed by atoms with Gasteiger partial charge in [-0.25, -0.2) is 8.42 Å². The molecule has 0 amide bonds. The summed E-state index contributed by atoms with van der Waals surface area (Å²) in [6.45, 7) is 0. The molecule has 0 unspecified atom stereocenters. The van der Waals surface area contributed by atoms with E-state index in [9.17, 15) is 13.0 Å². The number of nitrogens with one attached hydrogen (secondary N) is 1. The van der Waals surface area contributed by atoms with E-state index < -0.39 is 10.1 Å². The summed E-state index contributed by atoms with van der Waals surface area (Å²) >= 11 is 0. The molecule has 0 aliphatic heterocycles. The third-order valence-corrected chi connectivity index (χ3v) is 2.24. The first-order valence-corrected chi connectivity index (χ1v) is 4.68. The standard InChI is InChI=1S/C7H9NO3S.K/c1-8-6-3-2-4-7(5-6)12(9,10)11;/h2-5,8H,1H3,(H,9,10,11);/q;+1/p-1. The van der Waals surface area contributed by atoms with Crippen LogP contribution in [0.3, 0.4) is 0 Å². The second-order valence-corrected chi connectivity index (χ2v) is 3.61. The molecule has 1 rings (SSSR count). The van der Waals surface area contributed by atoms with E-state index in [1.165, 1.54) is 18.2 Å². The molecule has 13 heavy (non-hydrogen) atoms. The molecule has 0 saturated heterocycles. The van der Waals surface area contributed by atoms with Crippen LogP contribution in [0.15, 0.2) is 29.2 Å². The molecule has 0 bridgehead atoms. The molecule has 6 heteroatoms. The molecule has 0 aromatic heterocycles. The van der Waals surface area contributed by atoms with Crippen LogP contribution < -0.4 is 56.7 Å². The summed E-state index contributed by atoms with van der Waals surface area (Å²) in [6.07, 6.45) is 0. The monoisotopic (exact) mass is 225 g/mol. The van der Waals surface area contributed by atoms with Crippen molar-refractivity contribution in [2.75, 3.05) is 12.4 Å². The fourth-order valence-electron chi connectivity index (χ4n) is 0.807. The van der Waals surface area contributed by atoms with E-state index in [4.69, 9.17) is 0 Å². The van der Waals surface area contributed by atoms with Crippen LogP contribution in [0, 0.1) is 0 Å². The summed E-state index contributed by atoms with van der Waals surface area (Å²) in [5.41, 5.74) is 0.604. The Morgan fingerprint density at radius 2 is 2.00 bits per heavy atom. The van der Waals surface area contributed by atoms with Crippen molar-refractivity contribution in [1.29, 1.82) is 0 Å². The summed E-state index contributed by atoms with van der Waals surface area (Å²) in [7, 11) is -2.68. The molecule has 0 heterocycles. The summed E-state index contributed by atoms with van der Waals surface area (Å²) in [5.74, 6) is 0. The van der Waals surface area contributed by atoms with Gasteiger partial charge in [0.2, 0.25) is 0 Å². The second kappa shape index (κ2) is 5.45. The van der Waals surface area contributed by atoms with Crippen LogP contribution in [0.1, 0.15) is 0 Å². The molecule has 0 aliphatic carbocycles. The summed E-state index contributed by atoms with van der Waals surface area (Å²) < 4.78 is 31.6. The Morgan fingerprint density at radius 3 is 2.46 bits per heavy atom. The van der Waals surface area contributed by atoms with E-state index >= 15 is 0 Å². The Balaban J connectivity index is 0.00000144. The number of rotatable bonds is 2. The summed E-state index contributed by atoms with van der Waals surface area (Å²) in [5, 5.41) is 2.74. The predicted molar refractivity (Wildman–Crippen MR) is 44.0 cm³/mol. The SMILES string of the molecule is CNc1cccc(S(=O)(=O)[O-])c1.[K+]. The van der Waals surface area contributed by atoms with Gasteiger partial charge in [-0.05, 0) is 18.2 Å². The summed E-state index contributed by atoms with van der Waals surface area (Å²) in [6, 6.07) is 5.75. The smallest absolute Gasteiger partial charge is 0.744 e. The quantitative estimate of drug-likeness (QED) is 0.451. The Morgan fingerprint density at radius 1 is 1.38 bits per heavy atom. The van der Waals surface area contributed by atoms with Gasteiger partial charge < -0.3 is 9.87 Å². The van der Waals surface area contributed by atoms with Crippen molar-refractivity contribution >= 4 is 15.8 Å². The fraction of sp³-hybridized carbons (Fsp3) is 0.143. The maximum Gasteiger partial charge on any atom is 1.00 e. The first-order chi connectivity index (χ1) is 5.54. The van der Waals surface area contributed by atoms with Gasteiger partial charge >= 0.3 is 51.4 Å². The van der Waals surface area contributed by atoms with Gasteiger partial charge in [0.15, 0.2) is 0 Å². The molecule has 0 atom stereocenters. The molecule has 0 saturated carbocycles. The number of hydrogen-bond donors (Lipinski definition) is 1. The van der Waals surface area contributed by atoms with Crippen LogP contribution in [-0.2, 0) is 10.1 Å². The maximum absolute atomic E-state index is 10.5. The predicted octanol–water partition coefficient (Wildman–Crippen LogP) is -2.36. The average Bonchev–Trinajstić information content (AvgIpc) is 2.03. The molecule has 1 aromatic rings. The average molecular weight is 225 g/mol. The number of benzene rings is 1. The van der Waals surface area contributed by atoms with Crippen molar-refractivity contribution < 1.29 is 64.4 Å². The molecule has 1 N–H and O–H groups in total. The van der Waals surface area contributed by atoms with Crippen LogP contribution in [0.5, 0.6) is 0 Å². The van der Waals surface area contributed by atoms with Crippen LogP contribution in [0.25, 0.3) is 0 Å². The Hall–Kier alpha value is 0.566. The molecule has 0 aliphatic rings. The van der Waals surface area contributed by atoms with Crippen LogP contribution >= 0.6 is 0 Å². The minimum Gasteiger partial charge on any atom is -0.744 e. The second-order valence-electron chi connectivity index (χ2n) is 2.23. The van der Waals surface area contributed by atoms with Gasteiger partial charge in [-0.2, -0.15) is 0 Å². The zero-order valence-corrected chi connectivity index (χ0v) is 11.4. The largest absolute Gasteiger partial charge is 1.00 e. The maximum atomic E-state index is 10.5. The van der Waals surface area contributed by atoms with Crippen LogP contribution in [-0.4, -0.2) is 20.0 Å². The van der Waals surface area contributed by atoms with E-state index in [1.54, 1.807) is 13.1 Å². The Kier molecular flexibility index (Phi) is 5.69. The third kappa shape index (κ3) is 4.07. The van der Waals surface area contributed by atoms with Gasteiger partial charge in [-0.15, -0.1) is 0 Å². The van der Waals surface area contributed by atoms with E-state index in [2.05, 4.69) is 5.32 Å². The molecule has 0 radical (unpaired) electrons. The Bertz CT molecular complexity index is 377. The summed E-state index contributed by atoms with van der Waals surface area (Å²) in [4.78, 5) is -0.214. The molecule has 0 fully saturated rings. The first-order valence-electron chi connectivity index (χ1n) is 3.28. The topological polar surface area (TPSA) is 69.2 Å². The zero-order valence-electron chi connectivity index (χ0n) is 7.44. The van der Waals surface area contributed by atoms with Crippen molar-refractivity contribution in [3.63, 3.8) is 0 Å². The van der Waals surface area contributed by atoms with Crippen molar-refractivity contribution in [2.45, 2.75) is 4.90 Å². The van der Waals surface area contributed by atoms with Crippen LogP contribution in [0.2, 0.25) is 0 Å². The molecule has 0 spiro atoms. The van der Waals surface area contributed by atoms with Gasteiger partial charge in [0.25, 0.3) is 0 Å². The first kappa shape index (κ1) is 13.6. The molecular weight excluding hydrogens is 217 g/mol. The van der Waals surface area contributed by atoms with Gasteiger partial charge in [-0.1, -0.05) is 6.07 Å². The van der Waals surface area contributed by atoms with E-state index in [-0.39, 0.29) is 56.3 Å².